The molecular formula is C15H31N. The maximum Gasteiger partial charge on any atom is 0.00725 e. The molecule has 1 fully saturated rings. The summed E-state index contributed by atoms with van der Waals surface area (Å²) in [6.45, 7) is 8.24. The lowest BCUT2D eigenvalue weighted by atomic mass is 9.74. The maximum atomic E-state index is 3.69. The van der Waals surface area contributed by atoms with Crippen LogP contribution in [0.25, 0.3) is 0 Å². The van der Waals surface area contributed by atoms with E-state index in [2.05, 4.69) is 26.1 Å². The van der Waals surface area contributed by atoms with E-state index in [0.29, 0.717) is 0 Å². The molecule has 16 heavy (non-hydrogen) atoms. The molecule has 0 spiro atoms. The van der Waals surface area contributed by atoms with Crippen LogP contribution in [-0.2, 0) is 0 Å². The highest BCUT2D eigenvalue weighted by Crippen LogP contribution is 2.33. The minimum atomic E-state index is 0.850. The minimum absolute atomic E-state index is 0.850. The molecular weight excluding hydrogens is 194 g/mol. The Balaban J connectivity index is 1.79. The van der Waals surface area contributed by atoms with Crippen molar-refractivity contribution in [3.63, 3.8) is 0 Å². The average Bonchev–Trinajstić information content (AvgIpc) is 2.18. The van der Waals surface area contributed by atoms with Gasteiger partial charge in [0.1, 0.15) is 0 Å². The Morgan fingerprint density at radius 2 is 1.62 bits per heavy atom. The van der Waals surface area contributed by atoms with Crippen molar-refractivity contribution in [3.05, 3.63) is 0 Å². The van der Waals surface area contributed by atoms with E-state index in [1.54, 1.807) is 0 Å². The summed E-state index contributed by atoms with van der Waals surface area (Å²) in [5.74, 6) is 1.90. The van der Waals surface area contributed by atoms with E-state index in [-0.39, 0.29) is 0 Å². The summed E-state index contributed by atoms with van der Waals surface area (Å²) in [5, 5.41) is 3.69. The van der Waals surface area contributed by atoms with Crippen LogP contribution < -0.4 is 5.32 Å². The second-order valence-corrected chi connectivity index (χ2v) is 5.89. The van der Waals surface area contributed by atoms with Gasteiger partial charge in [-0.15, -0.1) is 0 Å². The van der Waals surface area contributed by atoms with Gasteiger partial charge in [0.05, 0.1) is 0 Å². The molecule has 0 radical (unpaired) electrons. The van der Waals surface area contributed by atoms with Crippen LogP contribution in [0.5, 0.6) is 0 Å². The van der Waals surface area contributed by atoms with Gasteiger partial charge in [0.15, 0.2) is 0 Å². The lowest BCUT2D eigenvalue weighted by Crippen LogP contribution is -2.43. The number of nitrogens with one attached hydrogen (secondary N) is 1. The Labute approximate surface area is 102 Å². The van der Waals surface area contributed by atoms with Crippen molar-refractivity contribution in [3.8, 4) is 0 Å². The zero-order valence-corrected chi connectivity index (χ0v) is 11.6. The quantitative estimate of drug-likeness (QED) is 0.575. The zero-order chi connectivity index (χ0) is 11.8. The highest BCUT2D eigenvalue weighted by molar-refractivity contribution is 4.86. The second-order valence-electron chi connectivity index (χ2n) is 5.89. The van der Waals surface area contributed by atoms with Gasteiger partial charge in [0.2, 0.25) is 0 Å². The summed E-state index contributed by atoms with van der Waals surface area (Å²) in [4.78, 5) is 0. The molecule has 0 bridgehead atoms. The molecule has 0 heterocycles. The fourth-order valence-corrected chi connectivity index (χ4v) is 2.58. The highest BCUT2D eigenvalue weighted by Gasteiger charge is 2.30. The van der Waals surface area contributed by atoms with E-state index in [1.165, 1.54) is 57.9 Å². The molecule has 0 aromatic heterocycles. The number of hydrogen-bond donors (Lipinski definition) is 1. The molecule has 0 saturated heterocycles. The van der Waals surface area contributed by atoms with Gasteiger partial charge in [-0.3, -0.25) is 0 Å². The van der Waals surface area contributed by atoms with Crippen LogP contribution in [0.2, 0.25) is 0 Å². The Kier molecular flexibility index (Phi) is 7.11. The predicted octanol–water partition coefficient (Wildman–Crippen LogP) is 4.37. The topological polar surface area (TPSA) is 12.0 Å². The summed E-state index contributed by atoms with van der Waals surface area (Å²) in [6, 6.07) is 0.850. The van der Waals surface area contributed by atoms with Crippen LogP contribution in [0.1, 0.15) is 72.1 Å². The summed E-state index contributed by atoms with van der Waals surface area (Å²) in [6.07, 6.45) is 11.3. The van der Waals surface area contributed by atoms with Gasteiger partial charge in [-0.25, -0.2) is 0 Å². The van der Waals surface area contributed by atoms with Gasteiger partial charge in [-0.1, -0.05) is 52.9 Å². The molecule has 1 heteroatoms. The van der Waals surface area contributed by atoms with Crippen molar-refractivity contribution in [2.45, 2.75) is 78.2 Å². The van der Waals surface area contributed by atoms with Gasteiger partial charge in [-0.2, -0.15) is 0 Å². The van der Waals surface area contributed by atoms with Crippen molar-refractivity contribution in [2.75, 3.05) is 6.54 Å². The Morgan fingerprint density at radius 1 is 1.00 bits per heavy atom. The molecule has 0 aromatic rings. The van der Waals surface area contributed by atoms with Crippen molar-refractivity contribution < 1.29 is 0 Å². The number of rotatable bonds is 9. The third-order valence-corrected chi connectivity index (χ3v) is 4.08. The Bertz CT molecular complexity index is 159. The van der Waals surface area contributed by atoms with Crippen molar-refractivity contribution in [1.82, 2.24) is 5.32 Å². The normalized spacial score (nSPS) is 24.8. The summed E-state index contributed by atoms with van der Waals surface area (Å²) < 4.78 is 0. The van der Waals surface area contributed by atoms with E-state index in [4.69, 9.17) is 0 Å². The monoisotopic (exact) mass is 225 g/mol. The average molecular weight is 225 g/mol. The molecule has 0 aromatic carbocycles. The predicted molar refractivity (Wildman–Crippen MR) is 72.7 cm³/mol. The van der Waals surface area contributed by atoms with E-state index in [1.807, 2.05) is 0 Å². The summed E-state index contributed by atoms with van der Waals surface area (Å²) in [5.41, 5.74) is 0. The standard InChI is InChI=1S/C15H31N/c1-4-5-6-7-8-9-10-16-15-11-14(12-15)13(2)3/h13-16H,4-12H2,1-3H3. The fourth-order valence-electron chi connectivity index (χ4n) is 2.58. The van der Waals surface area contributed by atoms with E-state index in [9.17, 15) is 0 Å². The van der Waals surface area contributed by atoms with Gasteiger partial charge in [-0.05, 0) is 37.6 Å². The van der Waals surface area contributed by atoms with Gasteiger partial charge >= 0.3 is 0 Å². The first-order valence-corrected chi connectivity index (χ1v) is 7.47. The van der Waals surface area contributed by atoms with E-state index in [0.717, 1.165) is 17.9 Å². The van der Waals surface area contributed by atoms with Crippen LogP contribution in [-0.4, -0.2) is 12.6 Å². The molecule has 1 nitrogen and oxygen atoms in total. The lowest BCUT2D eigenvalue weighted by Gasteiger charge is -2.38. The van der Waals surface area contributed by atoms with Crippen LogP contribution >= 0.6 is 0 Å². The molecule has 0 unspecified atom stereocenters. The first kappa shape index (κ1) is 14.0. The SMILES string of the molecule is CCCCCCCCNC1CC(C(C)C)C1. The molecule has 1 aliphatic rings. The minimum Gasteiger partial charge on any atom is -0.314 e. The number of hydrogen-bond acceptors (Lipinski definition) is 1. The lowest BCUT2D eigenvalue weighted by molar-refractivity contribution is 0.168. The van der Waals surface area contributed by atoms with E-state index >= 15 is 0 Å². The summed E-state index contributed by atoms with van der Waals surface area (Å²) in [7, 11) is 0. The number of unbranched alkanes of at least 4 members (excludes halogenated alkanes) is 5. The molecule has 0 amide bonds. The first-order chi connectivity index (χ1) is 7.74. The second kappa shape index (κ2) is 8.11. The summed E-state index contributed by atoms with van der Waals surface area (Å²) >= 11 is 0. The fraction of sp³-hybridized carbons (Fsp3) is 1.00. The van der Waals surface area contributed by atoms with Crippen LogP contribution in [0, 0.1) is 11.8 Å². The van der Waals surface area contributed by atoms with E-state index < -0.39 is 0 Å². The Hall–Kier alpha value is -0.0400. The maximum absolute atomic E-state index is 3.69. The zero-order valence-electron chi connectivity index (χ0n) is 11.6. The molecule has 1 rings (SSSR count). The molecule has 1 saturated carbocycles. The van der Waals surface area contributed by atoms with Crippen LogP contribution in [0.15, 0.2) is 0 Å². The first-order valence-electron chi connectivity index (χ1n) is 7.47. The highest BCUT2D eigenvalue weighted by atomic mass is 14.9. The van der Waals surface area contributed by atoms with Crippen molar-refractivity contribution in [1.29, 1.82) is 0 Å². The molecule has 1 N–H and O–H groups in total. The third kappa shape index (κ3) is 5.34. The largest absolute Gasteiger partial charge is 0.314 e. The molecule has 0 atom stereocenters. The third-order valence-electron chi connectivity index (χ3n) is 4.08. The van der Waals surface area contributed by atoms with Crippen LogP contribution in [0.3, 0.4) is 0 Å². The molecule has 96 valence electrons. The van der Waals surface area contributed by atoms with Crippen LogP contribution in [0.4, 0.5) is 0 Å². The Morgan fingerprint density at radius 3 is 2.25 bits per heavy atom. The van der Waals surface area contributed by atoms with Gasteiger partial charge in [0.25, 0.3) is 0 Å². The molecule has 1 aliphatic carbocycles. The molecule has 0 aliphatic heterocycles. The van der Waals surface area contributed by atoms with Gasteiger partial charge in [0, 0.05) is 6.04 Å². The van der Waals surface area contributed by atoms with Gasteiger partial charge < -0.3 is 5.32 Å². The van der Waals surface area contributed by atoms with Crippen molar-refractivity contribution in [2.24, 2.45) is 11.8 Å². The van der Waals surface area contributed by atoms with Crippen molar-refractivity contribution >= 4 is 0 Å². The smallest absolute Gasteiger partial charge is 0.00725 e.